The van der Waals surface area contributed by atoms with Crippen molar-refractivity contribution in [3.63, 3.8) is 0 Å². The van der Waals surface area contributed by atoms with Crippen LogP contribution in [0.25, 0.3) is 0 Å². The van der Waals surface area contributed by atoms with Gasteiger partial charge in [0.15, 0.2) is 0 Å². The molecule has 0 aromatic heterocycles. The fraction of sp³-hybridized carbons (Fsp3) is 0.929. The van der Waals surface area contributed by atoms with E-state index in [2.05, 4.69) is 10.6 Å². The Morgan fingerprint density at radius 1 is 1.26 bits per heavy atom. The first-order valence-electron chi connectivity index (χ1n) is 7.40. The molecule has 1 saturated heterocycles. The smallest absolute Gasteiger partial charge is 0.227 e. The zero-order valence-electron chi connectivity index (χ0n) is 11.8. The predicted octanol–water partition coefficient (Wildman–Crippen LogP) is 0.422. The fourth-order valence-corrected chi connectivity index (χ4v) is 3.04. The summed E-state index contributed by atoms with van der Waals surface area (Å²) < 4.78 is 5.33. The van der Waals surface area contributed by atoms with Gasteiger partial charge in [-0.1, -0.05) is 25.7 Å². The summed E-state index contributed by atoms with van der Waals surface area (Å²) in [7, 11) is 1.85. The quantitative estimate of drug-likeness (QED) is 0.648. The molecule has 1 heterocycles. The Morgan fingerprint density at radius 2 is 1.95 bits per heavy atom. The molecule has 1 saturated carbocycles. The molecular weight excluding hydrogens is 244 g/mol. The van der Waals surface area contributed by atoms with Crippen molar-refractivity contribution >= 4 is 5.91 Å². The van der Waals surface area contributed by atoms with Crippen molar-refractivity contribution in [1.82, 2.24) is 10.6 Å². The van der Waals surface area contributed by atoms with Gasteiger partial charge in [-0.3, -0.25) is 4.79 Å². The number of rotatable bonds is 4. The molecule has 2 rings (SSSR count). The summed E-state index contributed by atoms with van der Waals surface area (Å²) in [5.74, 6) is -0.145. The molecule has 110 valence electrons. The van der Waals surface area contributed by atoms with Crippen LogP contribution in [-0.2, 0) is 9.53 Å². The number of likely N-dealkylation sites (N-methyl/N-ethyl adjacent to an activating group) is 1. The largest absolute Gasteiger partial charge is 0.388 e. The maximum Gasteiger partial charge on any atom is 0.227 e. The van der Waals surface area contributed by atoms with E-state index >= 15 is 0 Å². The van der Waals surface area contributed by atoms with Gasteiger partial charge in [-0.25, -0.2) is 0 Å². The number of ether oxygens (including phenoxy) is 1. The summed E-state index contributed by atoms with van der Waals surface area (Å²) in [6.45, 7) is 1.42. The summed E-state index contributed by atoms with van der Waals surface area (Å²) in [4.78, 5) is 12.1. The number of hydrogen-bond acceptors (Lipinski definition) is 4. The molecule has 0 aromatic rings. The van der Waals surface area contributed by atoms with Crippen LogP contribution >= 0.6 is 0 Å². The molecule has 2 unspecified atom stereocenters. The Balaban J connectivity index is 1.82. The standard InChI is InChI=1S/C14H26N2O3/c1-15-12-9-19-8-11(12)13(17)16-10-14(18)6-4-2-3-5-7-14/h11-12,15,18H,2-10H2,1H3,(H,16,17). The van der Waals surface area contributed by atoms with Crippen LogP contribution in [-0.4, -0.2) is 49.5 Å². The Bertz CT molecular complexity index is 301. The SMILES string of the molecule is CNC1COCC1C(=O)NCC1(O)CCCCCC1. The number of aliphatic hydroxyl groups is 1. The third-order valence-electron chi connectivity index (χ3n) is 4.41. The minimum atomic E-state index is -0.708. The van der Waals surface area contributed by atoms with Crippen molar-refractivity contribution in [3.8, 4) is 0 Å². The molecule has 19 heavy (non-hydrogen) atoms. The van der Waals surface area contributed by atoms with Gasteiger partial charge in [0.2, 0.25) is 5.91 Å². The van der Waals surface area contributed by atoms with Crippen LogP contribution in [0.15, 0.2) is 0 Å². The molecule has 0 bridgehead atoms. The highest BCUT2D eigenvalue weighted by molar-refractivity contribution is 5.79. The lowest BCUT2D eigenvalue weighted by atomic mass is 9.94. The lowest BCUT2D eigenvalue weighted by Gasteiger charge is -2.28. The first kappa shape index (κ1) is 14.8. The van der Waals surface area contributed by atoms with Gasteiger partial charge in [0, 0.05) is 12.6 Å². The number of amides is 1. The van der Waals surface area contributed by atoms with E-state index in [-0.39, 0.29) is 17.9 Å². The van der Waals surface area contributed by atoms with E-state index in [1.807, 2.05) is 7.05 Å². The van der Waals surface area contributed by atoms with Gasteiger partial charge in [0.25, 0.3) is 0 Å². The molecule has 2 atom stereocenters. The highest BCUT2D eigenvalue weighted by atomic mass is 16.5. The third kappa shape index (κ3) is 3.91. The van der Waals surface area contributed by atoms with E-state index in [9.17, 15) is 9.90 Å². The third-order valence-corrected chi connectivity index (χ3v) is 4.41. The van der Waals surface area contributed by atoms with Gasteiger partial charge >= 0.3 is 0 Å². The molecule has 1 aliphatic carbocycles. The average Bonchev–Trinajstić information content (AvgIpc) is 2.79. The molecule has 5 nitrogen and oxygen atoms in total. The second-order valence-electron chi connectivity index (χ2n) is 5.90. The van der Waals surface area contributed by atoms with E-state index in [4.69, 9.17) is 4.74 Å². The van der Waals surface area contributed by atoms with Crippen molar-refractivity contribution < 1.29 is 14.6 Å². The van der Waals surface area contributed by atoms with Gasteiger partial charge in [-0.05, 0) is 19.9 Å². The van der Waals surface area contributed by atoms with Crippen molar-refractivity contribution in [2.75, 3.05) is 26.8 Å². The van der Waals surface area contributed by atoms with Gasteiger partial charge in [0.05, 0.1) is 24.7 Å². The molecule has 5 heteroatoms. The normalized spacial score (nSPS) is 30.8. The number of hydrogen-bond donors (Lipinski definition) is 3. The topological polar surface area (TPSA) is 70.6 Å². The van der Waals surface area contributed by atoms with Crippen molar-refractivity contribution in [3.05, 3.63) is 0 Å². The summed E-state index contributed by atoms with van der Waals surface area (Å²) in [6.07, 6.45) is 6.08. The van der Waals surface area contributed by atoms with Crippen LogP contribution in [0.2, 0.25) is 0 Å². The predicted molar refractivity (Wildman–Crippen MR) is 72.8 cm³/mol. The lowest BCUT2D eigenvalue weighted by Crippen LogP contribution is -2.48. The molecule has 1 amide bonds. The van der Waals surface area contributed by atoms with Gasteiger partial charge in [-0.15, -0.1) is 0 Å². The molecule has 2 aliphatic rings. The second-order valence-corrected chi connectivity index (χ2v) is 5.90. The lowest BCUT2D eigenvalue weighted by molar-refractivity contribution is -0.126. The number of carbonyl (C=O) groups is 1. The summed E-state index contributed by atoms with van der Waals surface area (Å²) in [5.41, 5.74) is -0.708. The molecule has 2 fully saturated rings. The van der Waals surface area contributed by atoms with E-state index in [1.165, 1.54) is 12.8 Å². The molecule has 3 N–H and O–H groups in total. The van der Waals surface area contributed by atoms with Crippen molar-refractivity contribution in [2.45, 2.75) is 50.2 Å². The number of carbonyl (C=O) groups excluding carboxylic acids is 1. The summed E-state index contributed by atoms with van der Waals surface area (Å²) >= 11 is 0. The Labute approximate surface area is 115 Å². The Morgan fingerprint density at radius 3 is 2.58 bits per heavy atom. The van der Waals surface area contributed by atoms with Crippen molar-refractivity contribution in [1.29, 1.82) is 0 Å². The molecule has 1 aliphatic heterocycles. The van der Waals surface area contributed by atoms with E-state index in [0.29, 0.717) is 19.8 Å². The zero-order chi connectivity index (χ0) is 13.7. The Kier molecular flexibility index (Phi) is 5.19. The van der Waals surface area contributed by atoms with E-state index in [1.54, 1.807) is 0 Å². The monoisotopic (exact) mass is 270 g/mol. The van der Waals surface area contributed by atoms with Crippen molar-refractivity contribution in [2.24, 2.45) is 5.92 Å². The second kappa shape index (κ2) is 6.68. The molecule has 0 aromatic carbocycles. The van der Waals surface area contributed by atoms with Crippen LogP contribution in [0.1, 0.15) is 38.5 Å². The fourth-order valence-electron chi connectivity index (χ4n) is 3.04. The van der Waals surface area contributed by atoms with E-state index in [0.717, 1.165) is 25.7 Å². The van der Waals surface area contributed by atoms with Crippen LogP contribution in [0.4, 0.5) is 0 Å². The van der Waals surface area contributed by atoms with Gasteiger partial charge in [-0.2, -0.15) is 0 Å². The molecule has 0 spiro atoms. The van der Waals surface area contributed by atoms with E-state index < -0.39 is 5.60 Å². The highest BCUT2D eigenvalue weighted by Crippen LogP contribution is 2.26. The van der Waals surface area contributed by atoms with Crippen LogP contribution in [0, 0.1) is 5.92 Å². The first-order valence-corrected chi connectivity index (χ1v) is 7.40. The molecular formula is C14H26N2O3. The van der Waals surface area contributed by atoms with Gasteiger partial charge < -0.3 is 20.5 Å². The highest BCUT2D eigenvalue weighted by Gasteiger charge is 2.35. The summed E-state index contributed by atoms with van der Waals surface area (Å²) in [6, 6.07) is 0.0868. The minimum absolute atomic E-state index is 0.00507. The Hall–Kier alpha value is -0.650. The van der Waals surface area contributed by atoms with Crippen LogP contribution in [0.5, 0.6) is 0 Å². The maximum atomic E-state index is 12.1. The number of nitrogens with one attached hydrogen (secondary N) is 2. The minimum Gasteiger partial charge on any atom is -0.388 e. The van der Waals surface area contributed by atoms with Crippen LogP contribution < -0.4 is 10.6 Å². The van der Waals surface area contributed by atoms with Gasteiger partial charge in [0.1, 0.15) is 0 Å². The average molecular weight is 270 g/mol. The maximum absolute atomic E-state index is 12.1. The first-order chi connectivity index (χ1) is 9.14. The van der Waals surface area contributed by atoms with Crippen LogP contribution in [0.3, 0.4) is 0 Å². The zero-order valence-corrected chi connectivity index (χ0v) is 11.8. The summed E-state index contributed by atoms with van der Waals surface area (Å²) in [5, 5.41) is 16.5. The molecule has 0 radical (unpaired) electrons.